The van der Waals surface area contributed by atoms with Crippen molar-refractivity contribution < 1.29 is 20.6 Å². The number of allylic oxidation sites excluding steroid dienone is 2. The van der Waals surface area contributed by atoms with Crippen molar-refractivity contribution in [1.82, 2.24) is 0 Å². The fourth-order valence-electron chi connectivity index (χ4n) is 6.28. The first kappa shape index (κ1) is 38.8. The van der Waals surface area contributed by atoms with Crippen molar-refractivity contribution in [2.24, 2.45) is 21.8 Å². The Kier molecular flexibility index (Phi) is 13.2. The van der Waals surface area contributed by atoms with E-state index >= 15 is 0 Å². The molecule has 0 fully saturated rings. The van der Waals surface area contributed by atoms with E-state index in [1.807, 2.05) is 82.3 Å². The van der Waals surface area contributed by atoms with E-state index in [0.29, 0.717) is 5.56 Å². The lowest BCUT2D eigenvalue weighted by Crippen LogP contribution is -2.16. The van der Waals surface area contributed by atoms with Crippen LogP contribution in [-0.2, 0) is 12.8 Å². The van der Waals surface area contributed by atoms with Gasteiger partial charge in [0.1, 0.15) is 11.5 Å². The van der Waals surface area contributed by atoms with Gasteiger partial charge in [-0.2, -0.15) is 0 Å². The van der Waals surface area contributed by atoms with E-state index in [0.717, 1.165) is 98.0 Å². The maximum absolute atomic E-state index is 9.67. The van der Waals surface area contributed by atoms with Crippen LogP contribution in [0.4, 0.5) is 0 Å². The number of hydrogen-bond donors (Lipinski definition) is 6. The maximum atomic E-state index is 9.67. The molecule has 0 saturated heterocycles. The van der Waals surface area contributed by atoms with Crippen LogP contribution in [-0.4, -0.2) is 32.3 Å². The van der Waals surface area contributed by atoms with Crippen LogP contribution in [0.1, 0.15) is 80.8 Å². The van der Waals surface area contributed by atoms with Crippen molar-refractivity contribution in [3.8, 4) is 44.9 Å². The topological polar surface area (TPSA) is 158 Å². The number of rotatable bonds is 10. The summed E-state index contributed by atoms with van der Waals surface area (Å²) >= 11 is 0. The first-order valence-corrected chi connectivity index (χ1v) is 17.5. The van der Waals surface area contributed by atoms with E-state index in [1.54, 1.807) is 24.3 Å². The molecule has 0 atom stereocenters. The highest BCUT2D eigenvalue weighted by Gasteiger charge is 2.19. The molecule has 5 aromatic carbocycles. The fourth-order valence-corrected chi connectivity index (χ4v) is 6.28. The van der Waals surface area contributed by atoms with Crippen molar-refractivity contribution in [2.45, 2.75) is 67.2 Å². The largest absolute Gasteiger partial charge is 0.508 e. The summed E-state index contributed by atoms with van der Waals surface area (Å²) in [6.45, 7) is 12.4. The van der Waals surface area contributed by atoms with Gasteiger partial charge in [-0.25, -0.2) is 0 Å². The van der Waals surface area contributed by atoms with E-state index in [9.17, 15) is 20.6 Å². The third kappa shape index (κ3) is 9.20. The first-order chi connectivity index (χ1) is 24.9. The summed E-state index contributed by atoms with van der Waals surface area (Å²) in [4.78, 5) is 0. The average Bonchev–Trinajstić information content (AvgIpc) is 3.14. The number of phenols is 2. The van der Waals surface area contributed by atoms with E-state index in [-0.39, 0.29) is 23.2 Å². The number of phenolic OH excluding ortho intramolecular Hbond substituents is 2. The quantitative estimate of drug-likeness (QED) is 0.0369. The predicted molar refractivity (Wildman–Crippen MR) is 214 cm³/mol. The number of oxime groups is 2. The zero-order valence-corrected chi connectivity index (χ0v) is 30.9. The molecule has 0 bridgehead atoms. The van der Waals surface area contributed by atoms with E-state index in [4.69, 9.17) is 11.5 Å². The third-order valence-electron chi connectivity index (χ3n) is 9.03. The number of nitrogens with two attached hydrogens (primary N) is 2. The zero-order chi connectivity index (χ0) is 37.9. The standard InChI is InChI=1S/C23H24N2O2.C21H26N2O2/c1-3-5-16-13-20(17-8-10-19(26)11-9-17)22(21(14-16)23(24)25-27)18-7-4-6-15(2)12-18;1-5-6-15-11-18(16-7-9-17(24)10-8-16)20(14(4)13(2)3)19(12-15)21(22)23-25/h4,6-14,26-27H,3,5H2,1-2H3,(H2,24,25);7-12,24-25H,5-6H2,1-4H3,(H2,22,23). The van der Waals surface area contributed by atoms with Crippen LogP contribution < -0.4 is 11.5 Å². The van der Waals surface area contributed by atoms with Gasteiger partial charge in [0.25, 0.3) is 0 Å². The second-order valence-corrected chi connectivity index (χ2v) is 13.2. The van der Waals surface area contributed by atoms with Crippen LogP contribution >= 0.6 is 0 Å². The Morgan fingerprint density at radius 3 is 1.56 bits per heavy atom. The van der Waals surface area contributed by atoms with Gasteiger partial charge in [0.05, 0.1) is 0 Å². The zero-order valence-electron chi connectivity index (χ0n) is 30.9. The van der Waals surface area contributed by atoms with Crippen molar-refractivity contribution in [1.29, 1.82) is 0 Å². The van der Waals surface area contributed by atoms with Gasteiger partial charge in [-0.1, -0.05) is 109 Å². The molecule has 0 unspecified atom stereocenters. The summed E-state index contributed by atoms with van der Waals surface area (Å²) in [7, 11) is 0. The van der Waals surface area contributed by atoms with Crippen molar-refractivity contribution in [3.63, 3.8) is 0 Å². The summed E-state index contributed by atoms with van der Waals surface area (Å²) < 4.78 is 0. The van der Waals surface area contributed by atoms with Gasteiger partial charge in [-0.05, 0) is 127 Å². The molecule has 0 spiro atoms. The Labute approximate surface area is 307 Å². The summed E-state index contributed by atoms with van der Waals surface area (Å²) in [6.07, 6.45) is 3.80. The predicted octanol–water partition coefficient (Wildman–Crippen LogP) is 10.0. The SMILES string of the molecule is CCCc1cc(C(N)=NO)c(-c2cccc(C)c2)c(-c2ccc(O)cc2)c1.CCCc1cc(C(N)=NO)c(C(C)=C(C)C)c(-c2ccc(O)cc2)c1. The molecule has 0 aliphatic carbocycles. The highest BCUT2D eigenvalue weighted by molar-refractivity contribution is 6.07. The molecule has 0 saturated carbocycles. The molecular formula is C44H50N4O4. The Morgan fingerprint density at radius 2 is 1.08 bits per heavy atom. The van der Waals surface area contributed by atoms with E-state index in [2.05, 4.69) is 42.4 Å². The van der Waals surface area contributed by atoms with Gasteiger partial charge in [-0.15, -0.1) is 0 Å². The molecule has 0 aromatic heterocycles. The lowest BCUT2D eigenvalue weighted by molar-refractivity contribution is 0.318. The minimum Gasteiger partial charge on any atom is -0.508 e. The van der Waals surface area contributed by atoms with Crippen LogP contribution in [0.5, 0.6) is 11.5 Å². The summed E-state index contributed by atoms with van der Waals surface area (Å²) in [6, 6.07) is 30.7. The van der Waals surface area contributed by atoms with E-state index in [1.165, 1.54) is 0 Å². The number of benzene rings is 5. The molecule has 0 aliphatic heterocycles. The van der Waals surface area contributed by atoms with E-state index < -0.39 is 0 Å². The lowest BCUT2D eigenvalue weighted by Gasteiger charge is -2.19. The van der Waals surface area contributed by atoms with Crippen molar-refractivity contribution >= 4 is 17.2 Å². The molecule has 8 nitrogen and oxygen atoms in total. The second kappa shape index (κ2) is 17.8. The highest BCUT2D eigenvalue weighted by Crippen LogP contribution is 2.38. The Balaban J connectivity index is 0.000000234. The first-order valence-electron chi connectivity index (χ1n) is 17.5. The van der Waals surface area contributed by atoms with Crippen LogP contribution in [0.3, 0.4) is 0 Å². The molecule has 5 rings (SSSR count). The normalized spacial score (nSPS) is 11.5. The molecule has 5 aromatic rings. The number of nitrogens with zero attached hydrogens (tertiary/aromatic N) is 2. The van der Waals surface area contributed by atoms with Gasteiger partial charge < -0.3 is 32.1 Å². The Bertz CT molecular complexity index is 2090. The van der Waals surface area contributed by atoms with Crippen LogP contribution in [0.25, 0.3) is 39.0 Å². The fraction of sp³-hybridized carbons (Fsp3) is 0.227. The Hall–Kier alpha value is -6.02. The highest BCUT2D eigenvalue weighted by atomic mass is 16.4. The van der Waals surface area contributed by atoms with Crippen molar-refractivity contribution in [3.05, 3.63) is 136 Å². The minimum atomic E-state index is 0.0875. The molecule has 270 valence electrons. The average molecular weight is 699 g/mol. The molecule has 0 radical (unpaired) electrons. The van der Waals surface area contributed by atoms with Gasteiger partial charge in [0.2, 0.25) is 0 Å². The van der Waals surface area contributed by atoms with Crippen molar-refractivity contribution in [2.75, 3.05) is 0 Å². The molecule has 8 N–H and O–H groups in total. The van der Waals surface area contributed by atoms with Crippen LogP contribution in [0.2, 0.25) is 0 Å². The number of hydrogen-bond acceptors (Lipinski definition) is 6. The molecule has 0 heterocycles. The van der Waals surface area contributed by atoms with Crippen LogP contribution in [0.15, 0.2) is 113 Å². The monoisotopic (exact) mass is 698 g/mol. The summed E-state index contributed by atoms with van der Waals surface area (Å²) in [5, 5.41) is 44.4. The molecule has 0 amide bonds. The number of amidine groups is 2. The Morgan fingerprint density at radius 1 is 0.596 bits per heavy atom. The van der Waals surface area contributed by atoms with Gasteiger partial charge in [0.15, 0.2) is 11.7 Å². The smallest absolute Gasteiger partial charge is 0.170 e. The van der Waals surface area contributed by atoms with Crippen LogP contribution in [0, 0.1) is 6.92 Å². The number of aryl methyl sites for hydroxylation is 3. The summed E-state index contributed by atoms with van der Waals surface area (Å²) in [5.74, 6) is 0.640. The molecule has 52 heavy (non-hydrogen) atoms. The molecule has 8 heteroatoms. The molecule has 0 aliphatic rings. The van der Waals surface area contributed by atoms with Gasteiger partial charge in [0, 0.05) is 16.7 Å². The number of aromatic hydroxyl groups is 2. The summed E-state index contributed by atoms with van der Waals surface area (Å²) in [5.41, 5.74) is 26.0. The minimum absolute atomic E-state index is 0.0875. The van der Waals surface area contributed by atoms with Gasteiger partial charge >= 0.3 is 0 Å². The maximum Gasteiger partial charge on any atom is 0.170 e. The second-order valence-electron chi connectivity index (χ2n) is 13.2. The molecular weight excluding hydrogens is 649 g/mol. The lowest BCUT2D eigenvalue weighted by atomic mass is 9.86. The van der Waals surface area contributed by atoms with Gasteiger partial charge in [-0.3, -0.25) is 0 Å². The third-order valence-corrected chi connectivity index (χ3v) is 9.03.